The average Bonchev–Trinajstić information content (AvgIpc) is 3.51. The molecule has 33 heavy (non-hydrogen) atoms. The Hall–Kier alpha value is -3.88. The molecule has 1 aromatic carbocycles. The molecule has 0 saturated heterocycles. The molecule has 0 unspecified atom stereocenters. The zero-order valence-corrected chi connectivity index (χ0v) is 19.3. The van der Waals surface area contributed by atoms with E-state index < -0.39 is 0 Å². The molecule has 0 atom stereocenters. The molecule has 0 N–H and O–H groups in total. The molecule has 0 spiro atoms. The second-order valence-electron chi connectivity index (χ2n) is 8.56. The maximum absolute atomic E-state index is 13.6. The number of aromatic nitrogens is 7. The van der Waals surface area contributed by atoms with Gasteiger partial charge in [0.05, 0.1) is 12.9 Å². The quantitative estimate of drug-likeness (QED) is 0.402. The summed E-state index contributed by atoms with van der Waals surface area (Å²) in [5, 5.41) is 0. The molecule has 5 rings (SSSR count). The van der Waals surface area contributed by atoms with E-state index in [9.17, 15) is 9.59 Å². The van der Waals surface area contributed by atoms with Crippen molar-refractivity contribution >= 4 is 16.9 Å². The van der Waals surface area contributed by atoms with Crippen LogP contribution < -0.4 is 11.2 Å². The fourth-order valence-electron chi connectivity index (χ4n) is 4.51. The Bertz CT molecular complexity index is 1600. The SMILES string of the molecule is Cc1ccccc1Cn1c(=O)c2c(nc3n(CCCn4ccnc4)c(C)c(C)n23)n(C)c1=O. The minimum Gasteiger partial charge on any atom is -0.337 e. The van der Waals surface area contributed by atoms with Crippen LogP contribution in [0.15, 0.2) is 52.6 Å². The highest BCUT2D eigenvalue weighted by molar-refractivity contribution is 5.76. The van der Waals surface area contributed by atoms with Crippen LogP contribution in [0.1, 0.15) is 28.9 Å². The van der Waals surface area contributed by atoms with Crippen LogP contribution in [-0.4, -0.2) is 32.6 Å². The molecule has 0 aliphatic rings. The van der Waals surface area contributed by atoms with Gasteiger partial charge in [-0.3, -0.25) is 18.3 Å². The largest absolute Gasteiger partial charge is 0.337 e. The van der Waals surface area contributed by atoms with Crippen molar-refractivity contribution in [3.05, 3.63) is 86.3 Å². The predicted molar refractivity (Wildman–Crippen MR) is 127 cm³/mol. The zero-order valence-electron chi connectivity index (χ0n) is 19.3. The average molecular weight is 446 g/mol. The van der Waals surface area contributed by atoms with Gasteiger partial charge in [0.15, 0.2) is 11.2 Å². The second kappa shape index (κ2) is 7.91. The van der Waals surface area contributed by atoms with Gasteiger partial charge < -0.3 is 9.13 Å². The molecule has 5 aromatic rings. The van der Waals surface area contributed by atoms with Crippen LogP contribution in [-0.2, 0) is 26.7 Å². The number of hydrogen-bond donors (Lipinski definition) is 0. The topological polar surface area (TPSA) is 84.0 Å². The predicted octanol–water partition coefficient (Wildman–Crippen LogP) is 2.41. The molecule has 0 bridgehead atoms. The van der Waals surface area contributed by atoms with Crippen LogP contribution in [0.5, 0.6) is 0 Å². The maximum Gasteiger partial charge on any atom is 0.332 e. The van der Waals surface area contributed by atoms with Gasteiger partial charge in [0, 0.05) is 43.9 Å². The number of imidazole rings is 3. The molecular weight excluding hydrogens is 418 g/mol. The van der Waals surface area contributed by atoms with E-state index in [1.807, 2.05) is 60.2 Å². The van der Waals surface area contributed by atoms with Crippen molar-refractivity contribution in [1.82, 2.24) is 32.6 Å². The van der Waals surface area contributed by atoms with Crippen molar-refractivity contribution in [3.63, 3.8) is 0 Å². The molecule has 0 amide bonds. The lowest BCUT2D eigenvalue weighted by atomic mass is 10.1. The van der Waals surface area contributed by atoms with Crippen LogP contribution in [0.3, 0.4) is 0 Å². The Morgan fingerprint density at radius 1 is 0.970 bits per heavy atom. The molecule has 170 valence electrons. The van der Waals surface area contributed by atoms with Crippen LogP contribution >= 0.6 is 0 Å². The minimum absolute atomic E-state index is 0.227. The third-order valence-electron chi connectivity index (χ3n) is 6.58. The lowest BCUT2D eigenvalue weighted by molar-refractivity contribution is 0.563. The Morgan fingerprint density at radius 3 is 2.48 bits per heavy atom. The van der Waals surface area contributed by atoms with Crippen molar-refractivity contribution in [2.75, 3.05) is 0 Å². The summed E-state index contributed by atoms with van der Waals surface area (Å²) in [4.78, 5) is 35.6. The van der Waals surface area contributed by atoms with Crippen molar-refractivity contribution in [1.29, 1.82) is 0 Å². The van der Waals surface area contributed by atoms with Gasteiger partial charge in [0.2, 0.25) is 5.78 Å². The first-order valence-electron chi connectivity index (χ1n) is 11.1. The molecule has 0 saturated carbocycles. The highest BCUT2D eigenvalue weighted by atomic mass is 16.2. The fraction of sp³-hybridized carbons (Fsp3) is 0.333. The monoisotopic (exact) mass is 445 g/mol. The van der Waals surface area contributed by atoms with Gasteiger partial charge in [-0.2, -0.15) is 4.98 Å². The Labute approximate surface area is 190 Å². The summed E-state index contributed by atoms with van der Waals surface area (Å²) in [6.45, 7) is 7.83. The van der Waals surface area contributed by atoms with Gasteiger partial charge in [0.1, 0.15) is 0 Å². The Morgan fingerprint density at radius 2 is 1.76 bits per heavy atom. The van der Waals surface area contributed by atoms with E-state index in [1.54, 1.807) is 19.6 Å². The van der Waals surface area contributed by atoms with Gasteiger partial charge in [0.25, 0.3) is 5.56 Å². The summed E-state index contributed by atoms with van der Waals surface area (Å²) in [6, 6.07) is 7.80. The van der Waals surface area contributed by atoms with E-state index in [0.29, 0.717) is 16.9 Å². The van der Waals surface area contributed by atoms with Gasteiger partial charge >= 0.3 is 5.69 Å². The Balaban J connectivity index is 1.65. The molecule has 4 aromatic heterocycles. The summed E-state index contributed by atoms with van der Waals surface area (Å²) in [6.07, 6.45) is 6.41. The van der Waals surface area contributed by atoms with Crippen molar-refractivity contribution in [2.24, 2.45) is 7.05 Å². The first-order valence-corrected chi connectivity index (χ1v) is 11.1. The third kappa shape index (κ3) is 3.31. The van der Waals surface area contributed by atoms with E-state index in [2.05, 4.69) is 9.55 Å². The van der Waals surface area contributed by atoms with Crippen molar-refractivity contribution in [3.8, 4) is 0 Å². The van der Waals surface area contributed by atoms with Gasteiger partial charge in [-0.05, 0) is 38.3 Å². The number of fused-ring (bicyclic) bond motifs is 3. The number of aryl methyl sites for hydroxylation is 5. The summed E-state index contributed by atoms with van der Waals surface area (Å²) < 4.78 is 8.86. The Kier molecular flexibility index (Phi) is 5.03. The van der Waals surface area contributed by atoms with Crippen LogP contribution in [0.25, 0.3) is 16.9 Å². The standard InChI is InChI=1S/C24H27N7O2/c1-16-8-5-6-9-19(16)14-30-22(32)20-21(27(4)24(30)33)26-23-29(17(2)18(3)31(20)23)12-7-11-28-13-10-25-15-28/h5-6,8-10,13,15H,7,11-12,14H2,1-4H3. The van der Waals surface area contributed by atoms with E-state index >= 15 is 0 Å². The van der Waals surface area contributed by atoms with E-state index in [1.165, 1.54) is 9.13 Å². The fourth-order valence-corrected chi connectivity index (χ4v) is 4.51. The molecule has 4 heterocycles. The maximum atomic E-state index is 13.6. The molecule has 0 aliphatic carbocycles. The van der Waals surface area contributed by atoms with Gasteiger partial charge in [-0.25, -0.2) is 9.78 Å². The number of rotatable bonds is 6. The lowest BCUT2D eigenvalue weighted by Gasteiger charge is -2.10. The van der Waals surface area contributed by atoms with Crippen LogP contribution in [0.4, 0.5) is 0 Å². The number of hydrogen-bond acceptors (Lipinski definition) is 4. The summed E-state index contributed by atoms with van der Waals surface area (Å²) in [7, 11) is 1.68. The van der Waals surface area contributed by atoms with Crippen LogP contribution in [0.2, 0.25) is 0 Å². The zero-order chi connectivity index (χ0) is 23.3. The van der Waals surface area contributed by atoms with E-state index in [4.69, 9.17) is 4.98 Å². The smallest absolute Gasteiger partial charge is 0.332 e. The first-order chi connectivity index (χ1) is 15.9. The van der Waals surface area contributed by atoms with Crippen LogP contribution in [0, 0.1) is 20.8 Å². The van der Waals surface area contributed by atoms with Gasteiger partial charge in [-0.15, -0.1) is 0 Å². The molecule has 0 radical (unpaired) electrons. The third-order valence-corrected chi connectivity index (χ3v) is 6.58. The van der Waals surface area contributed by atoms with Gasteiger partial charge in [-0.1, -0.05) is 24.3 Å². The summed E-state index contributed by atoms with van der Waals surface area (Å²) in [5.41, 5.74) is 4.17. The molecular formula is C24H27N7O2. The van der Waals surface area contributed by atoms with Crippen molar-refractivity contribution < 1.29 is 0 Å². The van der Waals surface area contributed by atoms with Crippen molar-refractivity contribution in [2.45, 2.75) is 46.8 Å². The number of benzene rings is 1. The minimum atomic E-state index is -0.363. The number of nitrogens with zero attached hydrogens (tertiary/aromatic N) is 7. The summed E-state index contributed by atoms with van der Waals surface area (Å²) in [5.74, 6) is 0.686. The normalized spacial score (nSPS) is 11.8. The second-order valence-corrected chi connectivity index (χ2v) is 8.56. The lowest BCUT2D eigenvalue weighted by Crippen LogP contribution is -2.39. The highest BCUT2D eigenvalue weighted by Gasteiger charge is 2.22. The first kappa shape index (κ1) is 21.0. The van der Waals surface area contributed by atoms with E-state index in [0.717, 1.165) is 42.0 Å². The molecule has 9 nitrogen and oxygen atoms in total. The summed E-state index contributed by atoms with van der Waals surface area (Å²) >= 11 is 0. The highest BCUT2D eigenvalue weighted by Crippen LogP contribution is 2.21. The van der Waals surface area contributed by atoms with E-state index in [-0.39, 0.29) is 17.8 Å². The molecule has 9 heteroatoms. The molecule has 0 aliphatic heterocycles. The molecule has 0 fully saturated rings.